The molecule has 3 aromatic rings. The van der Waals surface area contributed by atoms with Crippen molar-refractivity contribution in [2.24, 2.45) is 0 Å². The first-order chi connectivity index (χ1) is 13.0. The molecule has 0 radical (unpaired) electrons. The molecule has 1 saturated carbocycles. The van der Waals surface area contributed by atoms with Crippen LogP contribution in [0.3, 0.4) is 0 Å². The fraction of sp³-hybridized carbons (Fsp3) is 0.273. The summed E-state index contributed by atoms with van der Waals surface area (Å²) in [5.74, 6) is 0. The zero-order valence-corrected chi connectivity index (χ0v) is 15.6. The summed E-state index contributed by atoms with van der Waals surface area (Å²) in [4.78, 5) is 30.2. The maximum absolute atomic E-state index is 12.8. The average molecular weight is 361 g/mol. The summed E-state index contributed by atoms with van der Waals surface area (Å²) < 4.78 is 0. The van der Waals surface area contributed by atoms with Crippen molar-refractivity contribution in [3.63, 3.8) is 0 Å². The lowest BCUT2D eigenvalue weighted by atomic mass is 10.1. The fourth-order valence-corrected chi connectivity index (χ4v) is 3.50. The predicted molar refractivity (Wildman–Crippen MR) is 108 cm³/mol. The molecule has 0 unspecified atom stereocenters. The van der Waals surface area contributed by atoms with Gasteiger partial charge in [0.25, 0.3) is 5.56 Å². The van der Waals surface area contributed by atoms with Crippen LogP contribution in [0.2, 0.25) is 0 Å². The number of anilines is 1. The highest BCUT2D eigenvalue weighted by atomic mass is 16.2. The van der Waals surface area contributed by atoms with E-state index in [0.29, 0.717) is 12.1 Å². The third-order valence-electron chi connectivity index (χ3n) is 4.98. The minimum atomic E-state index is -0.163. The highest BCUT2D eigenvalue weighted by Gasteiger charge is 2.33. The molecule has 0 aliphatic heterocycles. The molecule has 1 heterocycles. The molecule has 2 aromatic carbocycles. The topological polar surface area (TPSA) is 65.2 Å². The zero-order valence-electron chi connectivity index (χ0n) is 15.6. The Labute approximate surface area is 158 Å². The van der Waals surface area contributed by atoms with E-state index in [9.17, 15) is 9.59 Å². The third-order valence-corrected chi connectivity index (χ3v) is 4.98. The second kappa shape index (κ2) is 6.91. The molecular formula is C22H23N3O2. The molecule has 138 valence electrons. The maximum atomic E-state index is 12.8. The number of aromatic amines is 1. The lowest BCUT2D eigenvalue weighted by Gasteiger charge is -2.23. The molecule has 0 spiro atoms. The molecule has 5 nitrogen and oxygen atoms in total. The van der Waals surface area contributed by atoms with Crippen molar-refractivity contribution in [2.75, 3.05) is 5.32 Å². The maximum Gasteiger partial charge on any atom is 0.322 e. The van der Waals surface area contributed by atoms with Crippen molar-refractivity contribution < 1.29 is 4.79 Å². The van der Waals surface area contributed by atoms with Gasteiger partial charge in [-0.2, -0.15) is 0 Å². The second-order valence-corrected chi connectivity index (χ2v) is 7.32. The van der Waals surface area contributed by atoms with Gasteiger partial charge in [0.1, 0.15) is 0 Å². The van der Waals surface area contributed by atoms with Crippen molar-refractivity contribution in [1.82, 2.24) is 9.88 Å². The number of H-pyrrole nitrogens is 1. The molecule has 1 aliphatic rings. The summed E-state index contributed by atoms with van der Waals surface area (Å²) in [6.07, 6.45) is 1.96. The van der Waals surface area contributed by atoms with Gasteiger partial charge in [-0.05, 0) is 61.9 Å². The van der Waals surface area contributed by atoms with E-state index in [2.05, 4.69) is 22.4 Å². The van der Waals surface area contributed by atoms with E-state index in [-0.39, 0.29) is 17.6 Å². The third kappa shape index (κ3) is 3.72. The van der Waals surface area contributed by atoms with Crippen LogP contribution in [0.25, 0.3) is 10.9 Å². The second-order valence-electron chi connectivity index (χ2n) is 7.32. The Hall–Kier alpha value is -3.08. The number of carbonyl (C=O) groups excluding carboxylic acids is 1. The number of aryl methyl sites for hydroxylation is 2. The van der Waals surface area contributed by atoms with Gasteiger partial charge in [-0.25, -0.2) is 4.79 Å². The molecule has 0 saturated heterocycles. The Kier molecular flexibility index (Phi) is 4.44. The predicted octanol–water partition coefficient (Wildman–Crippen LogP) is 4.34. The van der Waals surface area contributed by atoms with Crippen LogP contribution in [0.4, 0.5) is 10.5 Å². The van der Waals surface area contributed by atoms with Crippen LogP contribution in [0, 0.1) is 13.8 Å². The van der Waals surface area contributed by atoms with Gasteiger partial charge in [0.15, 0.2) is 0 Å². The minimum absolute atomic E-state index is 0.132. The number of carbonyl (C=O) groups is 1. The van der Waals surface area contributed by atoms with Crippen LogP contribution in [-0.4, -0.2) is 22.0 Å². The van der Waals surface area contributed by atoms with E-state index in [0.717, 1.165) is 40.6 Å². The number of hydrogen-bond donors (Lipinski definition) is 2. The van der Waals surface area contributed by atoms with Crippen molar-refractivity contribution in [2.45, 2.75) is 39.3 Å². The van der Waals surface area contributed by atoms with Crippen molar-refractivity contribution in [3.05, 3.63) is 75.6 Å². The van der Waals surface area contributed by atoms with E-state index >= 15 is 0 Å². The molecule has 2 N–H and O–H groups in total. The lowest BCUT2D eigenvalue weighted by molar-refractivity contribution is 0.206. The van der Waals surface area contributed by atoms with Crippen molar-refractivity contribution in [1.29, 1.82) is 0 Å². The van der Waals surface area contributed by atoms with Crippen LogP contribution in [0.5, 0.6) is 0 Å². The minimum Gasteiger partial charge on any atom is -0.321 e. The van der Waals surface area contributed by atoms with Gasteiger partial charge in [-0.3, -0.25) is 4.79 Å². The van der Waals surface area contributed by atoms with E-state index in [1.165, 1.54) is 0 Å². The SMILES string of the molecule is Cc1cc(C)c2[nH]c(=O)c(CN(C(=O)Nc3ccccc3)C3CC3)cc2c1. The zero-order chi connectivity index (χ0) is 19.0. The van der Waals surface area contributed by atoms with E-state index in [4.69, 9.17) is 0 Å². The summed E-state index contributed by atoms with van der Waals surface area (Å²) >= 11 is 0. The van der Waals surface area contributed by atoms with Crippen LogP contribution in [0.15, 0.2) is 53.3 Å². The van der Waals surface area contributed by atoms with E-state index in [1.54, 1.807) is 4.90 Å². The standard InChI is InChI=1S/C22H23N3O2/c1-14-10-15(2)20-16(11-14)12-17(21(26)24-20)13-25(19-8-9-19)22(27)23-18-6-4-3-5-7-18/h3-7,10-12,19H,8-9,13H2,1-2H3,(H,23,27)(H,24,26). The molecule has 27 heavy (non-hydrogen) atoms. The van der Waals surface area contributed by atoms with Gasteiger partial charge in [-0.15, -0.1) is 0 Å². The quantitative estimate of drug-likeness (QED) is 0.726. The Morgan fingerprint density at radius 1 is 1.15 bits per heavy atom. The summed E-state index contributed by atoms with van der Waals surface area (Å²) in [7, 11) is 0. The number of para-hydroxylation sites is 1. The summed E-state index contributed by atoms with van der Waals surface area (Å²) in [6.45, 7) is 4.34. The first kappa shape index (κ1) is 17.3. The fourth-order valence-electron chi connectivity index (χ4n) is 3.50. The molecule has 0 bridgehead atoms. The first-order valence-electron chi connectivity index (χ1n) is 9.27. The lowest BCUT2D eigenvalue weighted by Crippen LogP contribution is -2.37. The van der Waals surface area contributed by atoms with Crippen LogP contribution in [-0.2, 0) is 6.54 Å². The van der Waals surface area contributed by atoms with Gasteiger partial charge < -0.3 is 15.2 Å². The molecule has 1 aliphatic carbocycles. The number of nitrogens with zero attached hydrogens (tertiary/aromatic N) is 1. The number of aromatic nitrogens is 1. The molecule has 2 amide bonds. The molecule has 5 heteroatoms. The van der Waals surface area contributed by atoms with Crippen LogP contribution in [0.1, 0.15) is 29.5 Å². The smallest absolute Gasteiger partial charge is 0.321 e. The highest BCUT2D eigenvalue weighted by Crippen LogP contribution is 2.29. The molecular weight excluding hydrogens is 338 g/mol. The van der Waals surface area contributed by atoms with E-state index in [1.807, 2.05) is 50.2 Å². The van der Waals surface area contributed by atoms with Crippen LogP contribution < -0.4 is 10.9 Å². The van der Waals surface area contributed by atoms with Crippen molar-refractivity contribution >= 4 is 22.6 Å². The molecule has 4 rings (SSSR count). The average Bonchev–Trinajstić information content (AvgIpc) is 3.46. The van der Waals surface area contributed by atoms with Gasteiger partial charge in [0.2, 0.25) is 0 Å². The molecule has 1 aromatic heterocycles. The number of amides is 2. The number of nitrogens with one attached hydrogen (secondary N) is 2. The number of pyridine rings is 1. The van der Waals surface area contributed by atoms with Gasteiger partial charge in [-0.1, -0.05) is 29.8 Å². The Bertz CT molecular complexity index is 1050. The van der Waals surface area contributed by atoms with Gasteiger partial charge in [0, 0.05) is 17.3 Å². The highest BCUT2D eigenvalue weighted by molar-refractivity contribution is 5.90. The Balaban J connectivity index is 1.63. The number of urea groups is 1. The normalized spacial score (nSPS) is 13.6. The number of benzene rings is 2. The summed E-state index contributed by atoms with van der Waals surface area (Å²) in [6, 6.07) is 15.5. The van der Waals surface area contributed by atoms with Crippen molar-refractivity contribution in [3.8, 4) is 0 Å². The summed E-state index contributed by atoms with van der Waals surface area (Å²) in [5, 5.41) is 3.93. The molecule has 0 atom stereocenters. The Morgan fingerprint density at radius 3 is 2.59 bits per heavy atom. The Morgan fingerprint density at radius 2 is 1.89 bits per heavy atom. The largest absolute Gasteiger partial charge is 0.322 e. The first-order valence-corrected chi connectivity index (χ1v) is 9.27. The number of fused-ring (bicyclic) bond motifs is 1. The molecule has 1 fully saturated rings. The monoisotopic (exact) mass is 361 g/mol. The van der Waals surface area contributed by atoms with Gasteiger partial charge >= 0.3 is 6.03 Å². The van der Waals surface area contributed by atoms with Gasteiger partial charge in [0.05, 0.1) is 12.1 Å². The number of rotatable bonds is 4. The number of hydrogen-bond acceptors (Lipinski definition) is 2. The van der Waals surface area contributed by atoms with E-state index < -0.39 is 0 Å². The van der Waals surface area contributed by atoms with Crippen LogP contribution >= 0.6 is 0 Å². The summed E-state index contributed by atoms with van der Waals surface area (Å²) in [5.41, 5.74) is 4.30.